The molecule has 3 rings (SSSR count). The molecule has 2 heterocycles. The summed E-state index contributed by atoms with van der Waals surface area (Å²) < 4.78 is 1.10. The van der Waals surface area contributed by atoms with Gasteiger partial charge in [0.15, 0.2) is 10.8 Å². The van der Waals surface area contributed by atoms with Crippen LogP contribution in [-0.4, -0.2) is 23.4 Å². The highest BCUT2D eigenvalue weighted by Crippen LogP contribution is 2.23. The summed E-state index contributed by atoms with van der Waals surface area (Å²) in [7, 11) is 0. The van der Waals surface area contributed by atoms with Crippen LogP contribution in [0.4, 0.5) is 0 Å². The molecule has 1 aromatic heterocycles. The van der Waals surface area contributed by atoms with E-state index in [4.69, 9.17) is 0 Å². The molecular weight excluding hydrogens is 256 g/mol. The number of fused-ring (bicyclic) bond motifs is 1. The summed E-state index contributed by atoms with van der Waals surface area (Å²) in [5, 5.41) is 4.13. The van der Waals surface area contributed by atoms with Crippen LogP contribution in [0, 0.1) is 0 Å². The largest absolute Gasteiger partial charge is 0.314 e. The van der Waals surface area contributed by atoms with Gasteiger partial charge in [-0.1, -0.05) is 25.0 Å². The summed E-state index contributed by atoms with van der Waals surface area (Å²) >= 11 is 1.51. The summed E-state index contributed by atoms with van der Waals surface area (Å²) in [5.74, 6) is 0.181. The van der Waals surface area contributed by atoms with Crippen molar-refractivity contribution in [3.63, 3.8) is 0 Å². The van der Waals surface area contributed by atoms with Crippen LogP contribution in [0.15, 0.2) is 24.3 Å². The van der Waals surface area contributed by atoms with Gasteiger partial charge in [0, 0.05) is 12.5 Å². The first-order valence-corrected chi connectivity index (χ1v) is 7.77. The Balaban J connectivity index is 1.72. The zero-order valence-corrected chi connectivity index (χ0v) is 11.7. The highest BCUT2D eigenvalue weighted by molar-refractivity contribution is 7.20. The maximum Gasteiger partial charge on any atom is 0.192 e. The second-order valence-electron chi connectivity index (χ2n) is 5.11. The van der Waals surface area contributed by atoms with Crippen LogP contribution in [-0.2, 0) is 0 Å². The SMILES string of the molecule is O=C(CC1CCCCCN1)c1nc2ccccc2s1. The van der Waals surface area contributed by atoms with Crippen LogP contribution in [0.5, 0.6) is 0 Å². The van der Waals surface area contributed by atoms with Crippen molar-refractivity contribution >= 4 is 27.3 Å². The predicted molar refractivity (Wildman–Crippen MR) is 78.8 cm³/mol. The molecule has 100 valence electrons. The number of thiazole rings is 1. The molecule has 0 radical (unpaired) electrons. The molecule has 2 aromatic rings. The van der Waals surface area contributed by atoms with E-state index in [1.54, 1.807) is 0 Å². The fourth-order valence-electron chi connectivity index (χ4n) is 2.58. The minimum absolute atomic E-state index is 0.181. The van der Waals surface area contributed by atoms with Gasteiger partial charge >= 0.3 is 0 Å². The molecule has 0 aliphatic carbocycles. The first-order valence-electron chi connectivity index (χ1n) is 6.95. The van der Waals surface area contributed by atoms with Gasteiger partial charge in [0.1, 0.15) is 0 Å². The molecule has 1 atom stereocenters. The average Bonchev–Trinajstić information content (AvgIpc) is 2.70. The highest BCUT2D eigenvalue weighted by atomic mass is 32.1. The van der Waals surface area contributed by atoms with Crippen molar-refractivity contribution < 1.29 is 4.79 Å². The van der Waals surface area contributed by atoms with Gasteiger partial charge in [-0.2, -0.15) is 0 Å². The molecule has 19 heavy (non-hydrogen) atoms. The number of hydrogen-bond donors (Lipinski definition) is 1. The Kier molecular flexibility index (Phi) is 3.89. The molecule has 4 heteroatoms. The minimum Gasteiger partial charge on any atom is -0.314 e. The Morgan fingerprint density at radius 1 is 1.32 bits per heavy atom. The van der Waals surface area contributed by atoms with Crippen molar-refractivity contribution in [3.05, 3.63) is 29.3 Å². The summed E-state index contributed by atoms with van der Waals surface area (Å²) in [6.45, 7) is 1.04. The van der Waals surface area contributed by atoms with Crippen molar-refractivity contribution in [2.24, 2.45) is 0 Å². The van der Waals surface area contributed by atoms with E-state index in [0.29, 0.717) is 17.5 Å². The van der Waals surface area contributed by atoms with Crippen molar-refractivity contribution in [1.29, 1.82) is 0 Å². The number of para-hydroxylation sites is 1. The predicted octanol–water partition coefficient (Wildman–Crippen LogP) is 3.40. The van der Waals surface area contributed by atoms with Crippen molar-refractivity contribution in [1.82, 2.24) is 10.3 Å². The Bertz CT molecular complexity index is 537. The molecule has 1 aliphatic rings. The van der Waals surface area contributed by atoms with Gasteiger partial charge in [0.05, 0.1) is 10.2 Å². The highest BCUT2D eigenvalue weighted by Gasteiger charge is 2.19. The van der Waals surface area contributed by atoms with Crippen LogP contribution in [0.2, 0.25) is 0 Å². The number of rotatable bonds is 3. The fourth-order valence-corrected chi connectivity index (χ4v) is 3.49. The van der Waals surface area contributed by atoms with E-state index < -0.39 is 0 Å². The molecule has 1 N–H and O–H groups in total. The van der Waals surface area contributed by atoms with Crippen LogP contribution in [0.3, 0.4) is 0 Å². The first kappa shape index (κ1) is 12.8. The van der Waals surface area contributed by atoms with Crippen LogP contribution < -0.4 is 5.32 Å². The van der Waals surface area contributed by atoms with Gasteiger partial charge in [0.2, 0.25) is 0 Å². The molecule has 3 nitrogen and oxygen atoms in total. The van der Waals surface area contributed by atoms with Crippen molar-refractivity contribution in [3.8, 4) is 0 Å². The maximum absolute atomic E-state index is 12.3. The lowest BCUT2D eigenvalue weighted by Gasteiger charge is -2.13. The molecule has 1 saturated heterocycles. The number of carbonyl (C=O) groups excluding carboxylic acids is 1. The lowest BCUT2D eigenvalue weighted by Crippen LogP contribution is -2.30. The van der Waals surface area contributed by atoms with Crippen molar-refractivity contribution in [2.45, 2.75) is 38.1 Å². The third-order valence-electron chi connectivity index (χ3n) is 3.63. The zero-order valence-electron chi connectivity index (χ0n) is 10.9. The second-order valence-corrected chi connectivity index (χ2v) is 6.15. The number of carbonyl (C=O) groups is 1. The van der Waals surface area contributed by atoms with Crippen LogP contribution in [0.25, 0.3) is 10.2 Å². The second kappa shape index (κ2) is 5.80. The lowest BCUT2D eigenvalue weighted by atomic mass is 10.1. The minimum atomic E-state index is 0.181. The quantitative estimate of drug-likeness (QED) is 0.872. The van der Waals surface area contributed by atoms with E-state index in [-0.39, 0.29) is 5.78 Å². The monoisotopic (exact) mass is 274 g/mol. The smallest absolute Gasteiger partial charge is 0.192 e. The van der Waals surface area contributed by atoms with E-state index >= 15 is 0 Å². The third kappa shape index (κ3) is 3.01. The molecule has 1 unspecified atom stereocenters. The van der Waals surface area contributed by atoms with E-state index in [9.17, 15) is 4.79 Å². The molecule has 1 aromatic carbocycles. The Labute approximate surface area is 117 Å². The molecule has 1 aliphatic heterocycles. The Hall–Kier alpha value is -1.26. The number of hydrogen-bond acceptors (Lipinski definition) is 4. The van der Waals surface area contributed by atoms with Crippen molar-refractivity contribution in [2.75, 3.05) is 6.54 Å². The lowest BCUT2D eigenvalue weighted by molar-refractivity contribution is 0.0968. The molecule has 0 saturated carbocycles. The number of nitrogens with zero attached hydrogens (tertiary/aromatic N) is 1. The number of Topliss-reactive ketones (excluding diaryl/α,β-unsaturated/α-hetero) is 1. The topological polar surface area (TPSA) is 42.0 Å². The summed E-state index contributed by atoms with van der Waals surface area (Å²) in [6, 6.07) is 8.27. The number of aromatic nitrogens is 1. The van der Waals surface area contributed by atoms with Gasteiger partial charge in [0.25, 0.3) is 0 Å². The average molecular weight is 274 g/mol. The number of nitrogens with one attached hydrogen (secondary N) is 1. The van der Waals surface area contributed by atoms with E-state index in [2.05, 4.69) is 10.3 Å². The van der Waals surface area contributed by atoms with Gasteiger partial charge < -0.3 is 5.32 Å². The summed E-state index contributed by atoms with van der Waals surface area (Å²) in [5.41, 5.74) is 0.935. The normalized spacial score (nSPS) is 20.3. The standard InChI is InChI=1S/C15H18N2OS/c18-13(10-11-6-2-1-5-9-16-11)15-17-12-7-3-4-8-14(12)19-15/h3-4,7-8,11,16H,1-2,5-6,9-10H2. The van der Waals surface area contributed by atoms with E-state index in [1.807, 2.05) is 24.3 Å². The molecular formula is C15H18N2OS. The van der Waals surface area contributed by atoms with Crippen LogP contribution in [0.1, 0.15) is 41.9 Å². The Morgan fingerprint density at radius 3 is 3.11 bits per heavy atom. The summed E-state index contributed by atoms with van der Waals surface area (Å²) in [6.07, 6.45) is 5.42. The van der Waals surface area contributed by atoms with E-state index in [1.165, 1.54) is 30.6 Å². The van der Waals surface area contributed by atoms with E-state index in [0.717, 1.165) is 23.2 Å². The first-order chi connectivity index (χ1) is 9.33. The van der Waals surface area contributed by atoms with Gasteiger partial charge in [-0.3, -0.25) is 4.79 Å². The van der Waals surface area contributed by atoms with Gasteiger partial charge in [-0.15, -0.1) is 11.3 Å². The molecule has 0 bridgehead atoms. The maximum atomic E-state index is 12.3. The molecule has 1 fully saturated rings. The Morgan fingerprint density at radius 2 is 2.21 bits per heavy atom. The van der Waals surface area contributed by atoms with Crippen LogP contribution >= 0.6 is 11.3 Å². The number of ketones is 1. The summed E-state index contributed by atoms with van der Waals surface area (Å²) in [4.78, 5) is 16.7. The molecule has 0 amide bonds. The third-order valence-corrected chi connectivity index (χ3v) is 4.70. The molecule has 0 spiro atoms. The fraction of sp³-hybridized carbons (Fsp3) is 0.467. The van der Waals surface area contributed by atoms with Gasteiger partial charge in [-0.25, -0.2) is 4.98 Å². The van der Waals surface area contributed by atoms with Gasteiger partial charge in [-0.05, 0) is 31.5 Å². The number of benzene rings is 1. The zero-order chi connectivity index (χ0) is 13.1.